The van der Waals surface area contributed by atoms with Gasteiger partial charge in [-0.3, -0.25) is 9.69 Å². The van der Waals surface area contributed by atoms with Crippen molar-refractivity contribution in [1.29, 1.82) is 0 Å². The lowest BCUT2D eigenvalue weighted by molar-refractivity contribution is -0.132. The Morgan fingerprint density at radius 2 is 1.48 bits per heavy atom. The Labute approximate surface area is 184 Å². The molecule has 0 aliphatic carbocycles. The molecule has 1 amide bonds. The van der Waals surface area contributed by atoms with Crippen molar-refractivity contribution >= 4 is 5.91 Å². The molecule has 1 aliphatic rings. The van der Waals surface area contributed by atoms with Crippen LogP contribution in [0.1, 0.15) is 18.1 Å². The molecule has 0 radical (unpaired) electrons. The Kier molecular flexibility index (Phi) is 8.00. The first-order valence-electron chi connectivity index (χ1n) is 10.6. The molecule has 1 fully saturated rings. The summed E-state index contributed by atoms with van der Waals surface area (Å²) in [6.07, 6.45) is 0.301. The molecule has 168 valence electrons. The van der Waals surface area contributed by atoms with Gasteiger partial charge in [-0.05, 0) is 42.3 Å². The van der Waals surface area contributed by atoms with Crippen molar-refractivity contribution in [3.8, 4) is 23.0 Å². The van der Waals surface area contributed by atoms with E-state index in [2.05, 4.69) is 17.0 Å². The highest BCUT2D eigenvalue weighted by atomic mass is 16.5. The van der Waals surface area contributed by atoms with Crippen LogP contribution >= 0.6 is 0 Å². The lowest BCUT2D eigenvalue weighted by Crippen LogP contribution is -2.48. The fourth-order valence-electron chi connectivity index (χ4n) is 3.80. The Balaban J connectivity index is 1.54. The molecule has 1 heterocycles. The van der Waals surface area contributed by atoms with Crippen molar-refractivity contribution in [1.82, 2.24) is 9.80 Å². The number of carbonyl (C=O) groups excluding carboxylic acids is 1. The zero-order valence-corrected chi connectivity index (χ0v) is 18.8. The number of ether oxygens (including phenoxy) is 4. The van der Waals surface area contributed by atoms with Crippen molar-refractivity contribution in [3.05, 3.63) is 47.5 Å². The van der Waals surface area contributed by atoms with Gasteiger partial charge in [0.1, 0.15) is 5.75 Å². The van der Waals surface area contributed by atoms with E-state index in [4.69, 9.17) is 18.9 Å². The standard InChI is InChI=1S/C24H32N2O5/c1-5-31-20-8-6-18(7-9-20)17-25-10-12-26(13-11-25)23(27)16-19-14-21(28-2)24(30-4)22(15-19)29-3/h6-9,14-15H,5,10-13,16-17H2,1-4H3. The summed E-state index contributed by atoms with van der Waals surface area (Å²) in [4.78, 5) is 17.2. The van der Waals surface area contributed by atoms with Gasteiger partial charge in [-0.2, -0.15) is 0 Å². The lowest BCUT2D eigenvalue weighted by atomic mass is 10.1. The minimum Gasteiger partial charge on any atom is -0.494 e. The number of rotatable bonds is 9. The number of benzene rings is 2. The average Bonchev–Trinajstić information content (AvgIpc) is 2.80. The normalized spacial score (nSPS) is 14.3. The van der Waals surface area contributed by atoms with Gasteiger partial charge in [-0.15, -0.1) is 0 Å². The van der Waals surface area contributed by atoms with Gasteiger partial charge in [-0.25, -0.2) is 0 Å². The van der Waals surface area contributed by atoms with Crippen LogP contribution in [0.2, 0.25) is 0 Å². The molecule has 2 aromatic rings. The van der Waals surface area contributed by atoms with Crippen LogP contribution in [-0.4, -0.2) is 69.8 Å². The molecule has 31 heavy (non-hydrogen) atoms. The van der Waals surface area contributed by atoms with Crippen LogP contribution in [0.25, 0.3) is 0 Å². The van der Waals surface area contributed by atoms with E-state index in [0.717, 1.165) is 44.0 Å². The Morgan fingerprint density at radius 3 is 2.00 bits per heavy atom. The van der Waals surface area contributed by atoms with Gasteiger partial charge < -0.3 is 23.8 Å². The van der Waals surface area contributed by atoms with Crippen LogP contribution in [0.4, 0.5) is 0 Å². The highest BCUT2D eigenvalue weighted by Crippen LogP contribution is 2.38. The molecule has 0 bridgehead atoms. The van der Waals surface area contributed by atoms with Gasteiger partial charge in [-0.1, -0.05) is 12.1 Å². The third-order valence-electron chi connectivity index (χ3n) is 5.45. The van der Waals surface area contributed by atoms with Crippen LogP contribution in [-0.2, 0) is 17.8 Å². The van der Waals surface area contributed by atoms with Gasteiger partial charge in [0.25, 0.3) is 0 Å². The molecular weight excluding hydrogens is 396 g/mol. The summed E-state index contributed by atoms with van der Waals surface area (Å²) in [7, 11) is 4.72. The zero-order chi connectivity index (χ0) is 22.2. The second-order valence-electron chi connectivity index (χ2n) is 7.44. The Hall–Kier alpha value is -2.93. The molecule has 0 unspecified atom stereocenters. The number of methoxy groups -OCH3 is 3. The molecule has 7 nitrogen and oxygen atoms in total. The van der Waals surface area contributed by atoms with E-state index >= 15 is 0 Å². The van der Waals surface area contributed by atoms with Gasteiger partial charge in [0.15, 0.2) is 11.5 Å². The summed E-state index contributed by atoms with van der Waals surface area (Å²) in [6.45, 7) is 6.69. The summed E-state index contributed by atoms with van der Waals surface area (Å²) >= 11 is 0. The van der Waals surface area contributed by atoms with Crippen molar-refractivity contribution in [3.63, 3.8) is 0 Å². The number of hydrogen-bond donors (Lipinski definition) is 0. The average molecular weight is 429 g/mol. The highest BCUT2D eigenvalue weighted by molar-refractivity contribution is 5.79. The maximum atomic E-state index is 12.9. The third kappa shape index (κ3) is 5.82. The van der Waals surface area contributed by atoms with E-state index in [0.29, 0.717) is 30.3 Å². The first kappa shape index (κ1) is 22.7. The SMILES string of the molecule is CCOc1ccc(CN2CCN(C(=O)Cc3cc(OC)c(OC)c(OC)c3)CC2)cc1. The van der Waals surface area contributed by atoms with E-state index in [1.54, 1.807) is 21.3 Å². The van der Waals surface area contributed by atoms with Gasteiger partial charge >= 0.3 is 0 Å². The minimum atomic E-state index is 0.106. The molecule has 3 rings (SSSR count). The summed E-state index contributed by atoms with van der Waals surface area (Å²) < 4.78 is 21.6. The van der Waals surface area contributed by atoms with Gasteiger partial charge in [0.2, 0.25) is 11.7 Å². The number of piperazine rings is 1. The predicted molar refractivity (Wildman–Crippen MR) is 119 cm³/mol. The summed E-state index contributed by atoms with van der Waals surface area (Å²) in [5.74, 6) is 2.65. The van der Waals surface area contributed by atoms with Crippen LogP contribution in [0.3, 0.4) is 0 Å². The highest BCUT2D eigenvalue weighted by Gasteiger charge is 2.22. The van der Waals surface area contributed by atoms with E-state index in [1.807, 2.05) is 36.1 Å². The third-order valence-corrected chi connectivity index (χ3v) is 5.45. The van der Waals surface area contributed by atoms with Crippen molar-refractivity contribution in [2.45, 2.75) is 19.9 Å². The number of carbonyl (C=O) groups is 1. The van der Waals surface area contributed by atoms with Gasteiger partial charge in [0.05, 0.1) is 34.4 Å². The van der Waals surface area contributed by atoms with Crippen LogP contribution in [0, 0.1) is 0 Å². The molecular formula is C24H32N2O5. The Morgan fingerprint density at radius 1 is 0.871 bits per heavy atom. The first-order chi connectivity index (χ1) is 15.1. The largest absolute Gasteiger partial charge is 0.494 e. The van der Waals surface area contributed by atoms with Crippen LogP contribution in [0.5, 0.6) is 23.0 Å². The maximum absolute atomic E-state index is 12.9. The monoisotopic (exact) mass is 428 g/mol. The van der Waals surface area contributed by atoms with E-state index < -0.39 is 0 Å². The smallest absolute Gasteiger partial charge is 0.227 e. The second kappa shape index (κ2) is 10.9. The molecule has 0 atom stereocenters. The van der Waals surface area contributed by atoms with E-state index in [-0.39, 0.29) is 5.91 Å². The minimum absolute atomic E-state index is 0.106. The zero-order valence-electron chi connectivity index (χ0n) is 18.8. The molecule has 7 heteroatoms. The predicted octanol–water partition coefficient (Wildman–Crippen LogP) is 3.00. The van der Waals surface area contributed by atoms with Crippen LogP contribution < -0.4 is 18.9 Å². The van der Waals surface area contributed by atoms with E-state index in [1.165, 1.54) is 5.56 Å². The molecule has 1 aliphatic heterocycles. The van der Waals surface area contributed by atoms with Crippen molar-refractivity contribution in [2.24, 2.45) is 0 Å². The van der Waals surface area contributed by atoms with Crippen molar-refractivity contribution < 1.29 is 23.7 Å². The maximum Gasteiger partial charge on any atom is 0.227 e. The molecule has 0 saturated carbocycles. The quantitative estimate of drug-likeness (QED) is 0.612. The fraction of sp³-hybridized carbons (Fsp3) is 0.458. The van der Waals surface area contributed by atoms with E-state index in [9.17, 15) is 4.79 Å². The Bertz CT molecular complexity index is 836. The first-order valence-corrected chi connectivity index (χ1v) is 10.6. The molecule has 1 saturated heterocycles. The molecule has 0 aromatic heterocycles. The lowest BCUT2D eigenvalue weighted by Gasteiger charge is -2.35. The van der Waals surface area contributed by atoms with Crippen molar-refractivity contribution in [2.75, 3.05) is 54.1 Å². The molecule has 2 aromatic carbocycles. The topological polar surface area (TPSA) is 60.5 Å². The number of amides is 1. The number of hydrogen-bond acceptors (Lipinski definition) is 6. The molecule has 0 spiro atoms. The summed E-state index contributed by atoms with van der Waals surface area (Å²) in [5, 5.41) is 0. The summed E-state index contributed by atoms with van der Waals surface area (Å²) in [5.41, 5.74) is 2.09. The second-order valence-corrected chi connectivity index (χ2v) is 7.44. The summed E-state index contributed by atoms with van der Waals surface area (Å²) in [6, 6.07) is 11.9. The van der Waals surface area contributed by atoms with Crippen LogP contribution in [0.15, 0.2) is 36.4 Å². The van der Waals surface area contributed by atoms with Gasteiger partial charge in [0, 0.05) is 32.7 Å². The number of nitrogens with zero attached hydrogens (tertiary/aromatic N) is 2. The molecule has 0 N–H and O–H groups in total. The fourth-order valence-corrected chi connectivity index (χ4v) is 3.80.